The minimum Gasteiger partial charge on any atom is -0.399 e. The van der Waals surface area contributed by atoms with E-state index in [9.17, 15) is 9.59 Å². The van der Waals surface area contributed by atoms with Crippen LogP contribution in [0.3, 0.4) is 0 Å². The Balaban J connectivity index is 1.88. The summed E-state index contributed by atoms with van der Waals surface area (Å²) in [5.74, 6) is -0.251. The summed E-state index contributed by atoms with van der Waals surface area (Å²) in [6.07, 6.45) is 4.42. The number of rotatable bonds is 3. The van der Waals surface area contributed by atoms with Gasteiger partial charge < -0.3 is 16.0 Å². The summed E-state index contributed by atoms with van der Waals surface area (Å²) in [5, 5.41) is 2.69. The highest BCUT2D eigenvalue weighted by Gasteiger charge is 2.22. The van der Waals surface area contributed by atoms with Gasteiger partial charge in [0, 0.05) is 23.8 Å². The molecule has 2 amide bonds. The number of anilines is 1. The number of carbonyl (C=O) groups is 2. The highest BCUT2D eigenvalue weighted by Crippen LogP contribution is 2.16. The van der Waals surface area contributed by atoms with E-state index in [1.54, 1.807) is 24.3 Å². The second-order valence-corrected chi connectivity index (χ2v) is 5.59. The number of benzene rings is 1. The fourth-order valence-corrected chi connectivity index (χ4v) is 2.64. The van der Waals surface area contributed by atoms with E-state index in [1.165, 1.54) is 12.8 Å². The van der Waals surface area contributed by atoms with Crippen LogP contribution in [-0.4, -0.2) is 35.8 Å². The molecule has 0 bridgehead atoms. The summed E-state index contributed by atoms with van der Waals surface area (Å²) in [6.45, 7) is 2.91. The van der Waals surface area contributed by atoms with Crippen LogP contribution in [0.4, 0.5) is 5.69 Å². The number of nitrogens with one attached hydrogen (secondary N) is 1. The maximum atomic E-state index is 12.2. The molecule has 0 aromatic heterocycles. The number of carbonyl (C=O) groups excluding carboxylic acids is 2. The number of nitrogens with two attached hydrogens (primary N) is 1. The molecule has 0 spiro atoms. The van der Waals surface area contributed by atoms with Crippen molar-refractivity contribution in [3.63, 3.8) is 0 Å². The van der Waals surface area contributed by atoms with Crippen molar-refractivity contribution in [1.82, 2.24) is 10.2 Å². The second-order valence-electron chi connectivity index (χ2n) is 5.59. The zero-order chi connectivity index (χ0) is 15.2. The standard InChI is InChI=1S/C16H23N3O2/c1-12-5-3-2-4-10-19(12)15(20)11-18-16(21)13-6-8-14(17)9-7-13/h6-9,12H,2-5,10-11,17H2,1H3,(H,18,21). The zero-order valence-electron chi connectivity index (χ0n) is 12.5. The molecule has 0 aliphatic carbocycles. The molecule has 1 aromatic carbocycles. The predicted octanol–water partition coefficient (Wildman–Crippen LogP) is 1.79. The molecule has 1 aliphatic rings. The highest BCUT2D eigenvalue weighted by atomic mass is 16.2. The van der Waals surface area contributed by atoms with Gasteiger partial charge in [0.1, 0.15) is 0 Å². The van der Waals surface area contributed by atoms with Crippen molar-refractivity contribution in [3.8, 4) is 0 Å². The molecule has 3 N–H and O–H groups in total. The van der Waals surface area contributed by atoms with Gasteiger partial charge in [-0.25, -0.2) is 0 Å². The lowest BCUT2D eigenvalue weighted by Crippen LogP contribution is -2.44. The normalized spacial score (nSPS) is 18.9. The third-order valence-electron chi connectivity index (χ3n) is 3.95. The molecule has 1 unspecified atom stereocenters. The van der Waals surface area contributed by atoms with E-state index in [4.69, 9.17) is 5.73 Å². The maximum Gasteiger partial charge on any atom is 0.251 e. The highest BCUT2D eigenvalue weighted by molar-refractivity contribution is 5.96. The topological polar surface area (TPSA) is 75.4 Å². The Bertz CT molecular complexity index is 499. The largest absolute Gasteiger partial charge is 0.399 e. The molecule has 1 saturated heterocycles. The van der Waals surface area contributed by atoms with Crippen LogP contribution in [0.1, 0.15) is 43.0 Å². The molecule has 1 fully saturated rings. The van der Waals surface area contributed by atoms with Gasteiger partial charge in [-0.2, -0.15) is 0 Å². The Morgan fingerprint density at radius 2 is 1.95 bits per heavy atom. The molecule has 5 heteroatoms. The average Bonchev–Trinajstić information content (AvgIpc) is 2.70. The van der Waals surface area contributed by atoms with Gasteiger partial charge in [-0.05, 0) is 44.0 Å². The molecule has 21 heavy (non-hydrogen) atoms. The van der Waals surface area contributed by atoms with Gasteiger partial charge in [0.25, 0.3) is 5.91 Å². The summed E-state index contributed by atoms with van der Waals surface area (Å²) < 4.78 is 0. The molecule has 1 atom stereocenters. The van der Waals surface area contributed by atoms with Gasteiger partial charge in [0.05, 0.1) is 6.54 Å². The van der Waals surface area contributed by atoms with Crippen LogP contribution in [-0.2, 0) is 4.79 Å². The summed E-state index contributed by atoms with van der Waals surface area (Å²) >= 11 is 0. The molecular formula is C16H23N3O2. The van der Waals surface area contributed by atoms with Crippen molar-refractivity contribution in [2.24, 2.45) is 0 Å². The Kier molecular flexibility index (Phi) is 5.20. The van der Waals surface area contributed by atoms with E-state index in [-0.39, 0.29) is 24.4 Å². The first-order valence-electron chi connectivity index (χ1n) is 7.51. The summed E-state index contributed by atoms with van der Waals surface area (Å²) in [6, 6.07) is 6.92. The van der Waals surface area contributed by atoms with Crippen molar-refractivity contribution < 1.29 is 9.59 Å². The quantitative estimate of drug-likeness (QED) is 0.833. The van der Waals surface area contributed by atoms with E-state index in [0.29, 0.717) is 11.3 Å². The molecule has 0 saturated carbocycles. The number of hydrogen-bond acceptors (Lipinski definition) is 3. The number of nitrogens with zero attached hydrogens (tertiary/aromatic N) is 1. The van der Waals surface area contributed by atoms with Crippen LogP contribution < -0.4 is 11.1 Å². The van der Waals surface area contributed by atoms with Crippen LogP contribution in [0.25, 0.3) is 0 Å². The Hall–Kier alpha value is -2.04. The maximum absolute atomic E-state index is 12.2. The lowest BCUT2D eigenvalue weighted by molar-refractivity contribution is -0.132. The minimum atomic E-state index is -0.245. The lowest BCUT2D eigenvalue weighted by Gasteiger charge is -2.27. The molecule has 5 nitrogen and oxygen atoms in total. The van der Waals surface area contributed by atoms with Crippen LogP contribution in [0.15, 0.2) is 24.3 Å². The van der Waals surface area contributed by atoms with E-state index in [2.05, 4.69) is 12.2 Å². The van der Waals surface area contributed by atoms with Gasteiger partial charge in [0.2, 0.25) is 5.91 Å². The first-order chi connectivity index (χ1) is 10.1. The first kappa shape index (κ1) is 15.4. The van der Waals surface area contributed by atoms with E-state index >= 15 is 0 Å². The molecule has 1 aromatic rings. The lowest BCUT2D eigenvalue weighted by atomic mass is 10.1. The van der Waals surface area contributed by atoms with E-state index in [1.807, 2.05) is 4.90 Å². The predicted molar refractivity (Wildman–Crippen MR) is 82.8 cm³/mol. The fourth-order valence-electron chi connectivity index (χ4n) is 2.64. The number of nitrogen functional groups attached to an aromatic ring is 1. The van der Waals surface area contributed by atoms with Crippen molar-refractivity contribution in [2.75, 3.05) is 18.8 Å². The van der Waals surface area contributed by atoms with Crippen molar-refractivity contribution in [1.29, 1.82) is 0 Å². The molecular weight excluding hydrogens is 266 g/mol. The Morgan fingerprint density at radius 3 is 2.67 bits per heavy atom. The van der Waals surface area contributed by atoms with Gasteiger partial charge in [-0.1, -0.05) is 12.8 Å². The molecule has 1 aliphatic heterocycles. The van der Waals surface area contributed by atoms with Gasteiger partial charge in [0.15, 0.2) is 0 Å². The smallest absolute Gasteiger partial charge is 0.251 e. The fraction of sp³-hybridized carbons (Fsp3) is 0.500. The summed E-state index contributed by atoms with van der Waals surface area (Å²) in [5.41, 5.74) is 6.71. The third kappa shape index (κ3) is 4.21. The molecule has 2 rings (SSSR count). The molecule has 1 heterocycles. The third-order valence-corrected chi connectivity index (χ3v) is 3.95. The van der Waals surface area contributed by atoms with Crippen molar-refractivity contribution in [3.05, 3.63) is 29.8 Å². The first-order valence-corrected chi connectivity index (χ1v) is 7.51. The van der Waals surface area contributed by atoms with Gasteiger partial charge >= 0.3 is 0 Å². The summed E-state index contributed by atoms with van der Waals surface area (Å²) in [4.78, 5) is 26.1. The van der Waals surface area contributed by atoms with Crippen molar-refractivity contribution in [2.45, 2.75) is 38.6 Å². The minimum absolute atomic E-state index is 0.00630. The number of hydrogen-bond donors (Lipinski definition) is 2. The monoisotopic (exact) mass is 289 g/mol. The average molecular weight is 289 g/mol. The molecule has 0 radical (unpaired) electrons. The number of likely N-dealkylation sites (tertiary alicyclic amines) is 1. The number of amides is 2. The molecule has 114 valence electrons. The SMILES string of the molecule is CC1CCCCCN1C(=O)CNC(=O)c1ccc(N)cc1. The van der Waals surface area contributed by atoms with E-state index in [0.717, 1.165) is 19.4 Å². The van der Waals surface area contributed by atoms with Crippen molar-refractivity contribution >= 4 is 17.5 Å². The van der Waals surface area contributed by atoms with Crippen LogP contribution in [0.2, 0.25) is 0 Å². The van der Waals surface area contributed by atoms with Crippen LogP contribution in [0.5, 0.6) is 0 Å². The van der Waals surface area contributed by atoms with Gasteiger partial charge in [-0.15, -0.1) is 0 Å². The van der Waals surface area contributed by atoms with Gasteiger partial charge in [-0.3, -0.25) is 9.59 Å². The second kappa shape index (κ2) is 7.11. The Morgan fingerprint density at radius 1 is 1.24 bits per heavy atom. The Labute approximate surface area is 125 Å². The van der Waals surface area contributed by atoms with E-state index < -0.39 is 0 Å². The van der Waals surface area contributed by atoms with Crippen LogP contribution >= 0.6 is 0 Å². The zero-order valence-corrected chi connectivity index (χ0v) is 12.5. The summed E-state index contributed by atoms with van der Waals surface area (Å²) in [7, 11) is 0. The van der Waals surface area contributed by atoms with Crippen LogP contribution in [0, 0.1) is 0 Å².